The van der Waals surface area contributed by atoms with E-state index in [-0.39, 0.29) is 0 Å². The molecule has 0 bridgehead atoms. The molecule has 8 rings (SSSR count). The van der Waals surface area contributed by atoms with Crippen LogP contribution in [-0.2, 0) is 0 Å². The van der Waals surface area contributed by atoms with Gasteiger partial charge < -0.3 is 0 Å². The minimum Gasteiger partial charge on any atom is -0.264 e. The standard InChI is InChI=1S/C44H31N5/c1-3-4-12-37(45-2)34-25-35(38-13-7-8-22-46-38)27-36(26-34)41-20-17-32-24-31(16-19-40(32)47-41)39-14-9-15-42(48-39)43-21-18-33-23-29-10-5-6-11-30(29)28-44(33)49-43/h3-28H,2H2,1H3/b4-3-,37-12-. The van der Waals surface area contributed by atoms with Crippen molar-refractivity contribution in [2.45, 2.75) is 6.92 Å². The van der Waals surface area contributed by atoms with Crippen LogP contribution in [0.15, 0.2) is 163 Å². The molecule has 0 atom stereocenters. The smallest absolute Gasteiger partial charge is 0.0894 e. The molecule has 4 aromatic carbocycles. The van der Waals surface area contributed by atoms with Crippen molar-refractivity contribution in [2.75, 3.05) is 0 Å². The molecule has 5 nitrogen and oxygen atoms in total. The molecule has 0 aliphatic rings. The Labute approximate surface area is 284 Å². The molecule has 0 saturated carbocycles. The molecular formula is C44H31N5. The number of hydrogen-bond donors (Lipinski definition) is 0. The van der Waals surface area contributed by atoms with Crippen LogP contribution < -0.4 is 0 Å². The number of benzene rings is 4. The maximum Gasteiger partial charge on any atom is 0.0894 e. The van der Waals surface area contributed by atoms with Gasteiger partial charge in [-0.1, -0.05) is 66.7 Å². The van der Waals surface area contributed by atoms with Gasteiger partial charge in [-0.15, -0.1) is 0 Å². The Hall–Kier alpha value is -6.59. The quantitative estimate of drug-likeness (QED) is 0.0999. The average Bonchev–Trinajstić information content (AvgIpc) is 3.17. The Morgan fingerprint density at radius 3 is 2.00 bits per heavy atom. The van der Waals surface area contributed by atoms with E-state index in [1.807, 2.05) is 67.6 Å². The topological polar surface area (TPSA) is 63.9 Å². The van der Waals surface area contributed by atoms with Gasteiger partial charge in [-0.2, -0.15) is 0 Å². The van der Waals surface area contributed by atoms with Crippen molar-refractivity contribution in [1.29, 1.82) is 0 Å². The van der Waals surface area contributed by atoms with E-state index in [0.29, 0.717) is 0 Å². The first kappa shape index (κ1) is 29.8. The SMILES string of the molecule is C=N/C(=C\C=C/C)c1cc(-c2ccccn2)cc(-c2ccc3cc(-c4cccc(-c5ccc6cc7ccccc7cc6n5)n4)ccc3n2)c1. The zero-order chi connectivity index (χ0) is 33.2. The Balaban J connectivity index is 1.14. The van der Waals surface area contributed by atoms with Crippen LogP contribution in [0.5, 0.6) is 0 Å². The van der Waals surface area contributed by atoms with Gasteiger partial charge in [0.2, 0.25) is 0 Å². The van der Waals surface area contributed by atoms with E-state index in [1.165, 1.54) is 10.8 Å². The molecule has 0 radical (unpaired) electrons. The Kier molecular flexibility index (Phi) is 7.84. The molecule has 0 unspecified atom stereocenters. The highest BCUT2D eigenvalue weighted by molar-refractivity contribution is 5.97. The van der Waals surface area contributed by atoms with Crippen molar-refractivity contribution in [3.8, 4) is 45.2 Å². The molecule has 4 heterocycles. The molecule has 232 valence electrons. The van der Waals surface area contributed by atoms with Crippen molar-refractivity contribution >= 4 is 45.0 Å². The zero-order valence-electron chi connectivity index (χ0n) is 27.0. The van der Waals surface area contributed by atoms with E-state index >= 15 is 0 Å². The lowest BCUT2D eigenvalue weighted by Gasteiger charge is -2.11. The number of hydrogen-bond acceptors (Lipinski definition) is 5. The molecule has 49 heavy (non-hydrogen) atoms. The van der Waals surface area contributed by atoms with Crippen molar-refractivity contribution in [3.05, 3.63) is 163 Å². The molecule has 4 aromatic heterocycles. The molecule has 8 aromatic rings. The third-order valence-electron chi connectivity index (χ3n) is 8.66. The average molecular weight is 630 g/mol. The lowest BCUT2D eigenvalue weighted by molar-refractivity contribution is 1.28. The van der Waals surface area contributed by atoms with Gasteiger partial charge in [-0.3, -0.25) is 9.98 Å². The van der Waals surface area contributed by atoms with Crippen molar-refractivity contribution < 1.29 is 0 Å². The van der Waals surface area contributed by atoms with E-state index in [0.717, 1.165) is 78.2 Å². The van der Waals surface area contributed by atoms with Gasteiger partial charge in [0.25, 0.3) is 0 Å². The lowest BCUT2D eigenvalue weighted by atomic mass is 9.98. The molecule has 0 fully saturated rings. The van der Waals surface area contributed by atoms with Gasteiger partial charge in [0.1, 0.15) is 0 Å². The summed E-state index contributed by atoms with van der Waals surface area (Å²) in [5.74, 6) is 0. The molecule has 0 N–H and O–H groups in total. The van der Waals surface area contributed by atoms with Crippen LogP contribution in [0.1, 0.15) is 12.5 Å². The predicted molar refractivity (Wildman–Crippen MR) is 204 cm³/mol. The number of nitrogens with zero attached hydrogens (tertiary/aromatic N) is 5. The maximum atomic E-state index is 5.09. The third-order valence-corrected chi connectivity index (χ3v) is 8.66. The molecule has 0 amide bonds. The summed E-state index contributed by atoms with van der Waals surface area (Å²) >= 11 is 0. The van der Waals surface area contributed by atoms with Gasteiger partial charge in [0, 0.05) is 39.2 Å². The minimum atomic E-state index is 0.782. The van der Waals surface area contributed by atoms with Gasteiger partial charge >= 0.3 is 0 Å². The number of aromatic nitrogens is 4. The molecule has 0 saturated heterocycles. The minimum absolute atomic E-state index is 0.782. The monoisotopic (exact) mass is 629 g/mol. The first-order valence-corrected chi connectivity index (χ1v) is 16.2. The largest absolute Gasteiger partial charge is 0.264 e. The molecule has 0 aliphatic carbocycles. The second kappa shape index (κ2) is 12.9. The summed E-state index contributed by atoms with van der Waals surface area (Å²) in [6.07, 6.45) is 7.71. The summed E-state index contributed by atoms with van der Waals surface area (Å²) in [4.78, 5) is 24.0. The summed E-state index contributed by atoms with van der Waals surface area (Å²) in [5.41, 5.74) is 10.9. The maximum absolute atomic E-state index is 5.09. The summed E-state index contributed by atoms with van der Waals surface area (Å²) in [5, 5.41) is 4.53. The molecule has 0 aliphatic heterocycles. The van der Waals surface area contributed by atoms with Crippen LogP contribution in [0.2, 0.25) is 0 Å². The van der Waals surface area contributed by atoms with Gasteiger partial charge in [-0.25, -0.2) is 15.0 Å². The van der Waals surface area contributed by atoms with Crippen LogP contribution in [0.3, 0.4) is 0 Å². The van der Waals surface area contributed by atoms with Crippen molar-refractivity contribution in [3.63, 3.8) is 0 Å². The van der Waals surface area contributed by atoms with Crippen LogP contribution in [0, 0.1) is 0 Å². The highest BCUT2D eigenvalue weighted by atomic mass is 14.8. The first-order chi connectivity index (χ1) is 24.1. The highest BCUT2D eigenvalue weighted by Crippen LogP contribution is 2.32. The number of pyridine rings is 4. The Morgan fingerprint density at radius 1 is 0.531 bits per heavy atom. The van der Waals surface area contributed by atoms with Gasteiger partial charge in [-0.05, 0) is 109 Å². The Morgan fingerprint density at radius 2 is 1.20 bits per heavy atom. The summed E-state index contributed by atoms with van der Waals surface area (Å²) in [6, 6.07) is 45.7. The second-order valence-electron chi connectivity index (χ2n) is 11.9. The predicted octanol–water partition coefficient (Wildman–Crippen LogP) is 11.0. The van der Waals surface area contributed by atoms with E-state index in [9.17, 15) is 0 Å². The molecular weight excluding hydrogens is 599 g/mol. The fourth-order valence-corrected chi connectivity index (χ4v) is 6.17. The van der Waals surface area contributed by atoms with Crippen LogP contribution >= 0.6 is 0 Å². The fourth-order valence-electron chi connectivity index (χ4n) is 6.17. The number of rotatable bonds is 7. The van der Waals surface area contributed by atoms with E-state index in [4.69, 9.17) is 15.0 Å². The first-order valence-electron chi connectivity index (χ1n) is 16.2. The normalized spacial score (nSPS) is 11.9. The van der Waals surface area contributed by atoms with E-state index < -0.39 is 0 Å². The number of allylic oxidation sites excluding steroid dienone is 3. The van der Waals surface area contributed by atoms with E-state index in [1.54, 1.807) is 6.20 Å². The third kappa shape index (κ3) is 6.01. The van der Waals surface area contributed by atoms with Crippen LogP contribution in [0.25, 0.3) is 83.4 Å². The van der Waals surface area contributed by atoms with E-state index in [2.05, 4.69) is 108 Å². The van der Waals surface area contributed by atoms with Crippen LogP contribution in [-0.4, -0.2) is 26.7 Å². The van der Waals surface area contributed by atoms with Gasteiger partial charge in [0.05, 0.1) is 45.2 Å². The zero-order valence-corrected chi connectivity index (χ0v) is 27.0. The molecule has 0 spiro atoms. The second-order valence-corrected chi connectivity index (χ2v) is 11.9. The summed E-state index contributed by atoms with van der Waals surface area (Å²) in [6.45, 7) is 5.80. The molecule has 5 heteroatoms. The van der Waals surface area contributed by atoms with Crippen LogP contribution in [0.4, 0.5) is 0 Å². The summed E-state index contributed by atoms with van der Waals surface area (Å²) < 4.78 is 0. The van der Waals surface area contributed by atoms with Crippen molar-refractivity contribution in [2.24, 2.45) is 4.99 Å². The number of aliphatic imine (C=N–C) groups is 1. The number of fused-ring (bicyclic) bond motifs is 3. The summed E-state index contributed by atoms with van der Waals surface area (Å²) in [7, 11) is 0. The Bertz CT molecular complexity index is 2580. The van der Waals surface area contributed by atoms with Gasteiger partial charge in [0.15, 0.2) is 0 Å². The fraction of sp³-hybridized carbons (Fsp3) is 0.0227. The highest BCUT2D eigenvalue weighted by Gasteiger charge is 2.12. The van der Waals surface area contributed by atoms with Crippen molar-refractivity contribution in [1.82, 2.24) is 19.9 Å². The lowest BCUT2D eigenvalue weighted by Crippen LogP contribution is -1.93.